The number of halogens is 14. The normalized spacial score (nSPS) is 16.8. The Morgan fingerprint density at radius 3 is 1.66 bits per heavy atom. The number of benzene rings is 3. The van der Waals surface area contributed by atoms with Gasteiger partial charge in [-0.1, -0.05) is 0 Å². The lowest BCUT2D eigenvalue weighted by atomic mass is 9.76. The number of alkyl halides is 1. The van der Waals surface area contributed by atoms with E-state index in [1.165, 1.54) is 0 Å². The van der Waals surface area contributed by atoms with Crippen molar-refractivity contribution in [1.29, 1.82) is 0 Å². The fourth-order valence-corrected chi connectivity index (χ4v) is 3.42. The van der Waals surface area contributed by atoms with Gasteiger partial charge in [0.2, 0.25) is 5.83 Å². The molecular weight excluding hydrogens is 561 g/mol. The lowest BCUT2D eigenvalue weighted by Crippen LogP contribution is -2.49. The minimum Gasteiger partial charge on any atom is -0.530 e. The van der Waals surface area contributed by atoms with E-state index < -0.39 is 111 Å². The maximum atomic E-state index is 15.7. The SMILES string of the molecule is FC1=C(F)C(F)(OB(Oc2ccc(F)cc2F)c2c(F)c(F)c(F)c(F)c2F)c2c(F)c(F)c(F)c(F)c21. The molecule has 0 fully saturated rings. The molecule has 2 nitrogen and oxygen atoms in total. The maximum Gasteiger partial charge on any atom is 0.571 e. The van der Waals surface area contributed by atoms with E-state index in [2.05, 4.69) is 9.31 Å². The van der Waals surface area contributed by atoms with Crippen molar-refractivity contribution in [2.24, 2.45) is 0 Å². The lowest BCUT2D eigenvalue weighted by Gasteiger charge is -2.27. The van der Waals surface area contributed by atoms with Crippen molar-refractivity contribution < 1.29 is 70.8 Å². The van der Waals surface area contributed by atoms with E-state index in [0.717, 1.165) is 0 Å². The van der Waals surface area contributed by atoms with Crippen LogP contribution in [-0.4, -0.2) is 7.12 Å². The van der Waals surface area contributed by atoms with Crippen LogP contribution in [0.5, 0.6) is 5.75 Å². The van der Waals surface area contributed by atoms with Gasteiger partial charge < -0.3 is 9.31 Å². The Morgan fingerprint density at radius 1 is 0.605 bits per heavy atom. The van der Waals surface area contributed by atoms with Gasteiger partial charge in [-0.2, -0.15) is 4.39 Å². The monoisotopic (exact) mass is 564 g/mol. The van der Waals surface area contributed by atoms with Gasteiger partial charge in [-0.3, -0.25) is 0 Å². The molecule has 1 unspecified atom stereocenters. The van der Waals surface area contributed by atoms with E-state index in [-0.39, 0.29) is 6.07 Å². The number of hydrogen-bond acceptors (Lipinski definition) is 2. The Labute approximate surface area is 200 Å². The Hall–Kier alpha value is -3.76. The average Bonchev–Trinajstić information content (AvgIpc) is 3.06. The lowest BCUT2D eigenvalue weighted by molar-refractivity contribution is -0.0622. The van der Waals surface area contributed by atoms with Crippen LogP contribution < -0.4 is 10.1 Å². The van der Waals surface area contributed by atoms with Crippen molar-refractivity contribution >= 4 is 18.4 Å². The Kier molecular flexibility index (Phi) is 6.62. The predicted octanol–water partition coefficient (Wildman–Crippen LogP) is 6.45. The molecule has 0 bridgehead atoms. The Bertz CT molecular complexity index is 1510. The second-order valence-corrected chi connectivity index (χ2v) is 7.36. The summed E-state index contributed by atoms with van der Waals surface area (Å²) in [5.74, 6) is -40.6. The van der Waals surface area contributed by atoms with E-state index in [9.17, 15) is 57.1 Å². The van der Waals surface area contributed by atoms with Crippen LogP contribution in [0.3, 0.4) is 0 Å². The van der Waals surface area contributed by atoms with E-state index in [0.29, 0.717) is 12.1 Å². The van der Waals surface area contributed by atoms with Gasteiger partial charge in [-0.05, 0) is 12.1 Å². The average molecular weight is 564 g/mol. The standard InChI is InChI=1S/C21H3BF14O2/c23-4-1-2-6(5(24)3-4)37-22(9-13(28)17(32)19(34)18(33)14(9)29)38-21(36)8-7(11(26)20(21)35)10(25)15(30)16(31)12(8)27/h1-3H. The third-order valence-corrected chi connectivity index (χ3v) is 5.16. The summed E-state index contributed by atoms with van der Waals surface area (Å²) in [5, 5.41) is 0. The first kappa shape index (κ1) is 27.3. The first-order chi connectivity index (χ1) is 17.6. The highest BCUT2D eigenvalue weighted by atomic mass is 19.2. The molecule has 0 aromatic heterocycles. The third kappa shape index (κ3) is 3.87. The topological polar surface area (TPSA) is 18.5 Å². The summed E-state index contributed by atoms with van der Waals surface area (Å²) in [6.45, 7) is 0. The van der Waals surface area contributed by atoms with Crippen molar-refractivity contribution in [1.82, 2.24) is 0 Å². The summed E-state index contributed by atoms with van der Waals surface area (Å²) >= 11 is 0. The highest BCUT2D eigenvalue weighted by Gasteiger charge is 2.57. The number of fused-ring (bicyclic) bond motifs is 1. The van der Waals surface area contributed by atoms with Crippen molar-refractivity contribution in [3.63, 3.8) is 0 Å². The number of hydrogen-bond donors (Lipinski definition) is 0. The maximum absolute atomic E-state index is 15.7. The van der Waals surface area contributed by atoms with Gasteiger partial charge >= 0.3 is 7.12 Å². The van der Waals surface area contributed by atoms with Gasteiger partial charge in [0.15, 0.2) is 64.0 Å². The summed E-state index contributed by atoms with van der Waals surface area (Å²) in [4.78, 5) is 0. The molecule has 3 aromatic carbocycles. The van der Waals surface area contributed by atoms with E-state index in [1.807, 2.05) is 0 Å². The highest BCUT2D eigenvalue weighted by molar-refractivity contribution is 6.62. The molecule has 1 aliphatic rings. The van der Waals surface area contributed by atoms with E-state index in [1.54, 1.807) is 0 Å². The van der Waals surface area contributed by atoms with Crippen molar-refractivity contribution in [2.45, 2.75) is 5.85 Å². The molecule has 0 heterocycles. The molecule has 3 aromatic rings. The summed E-state index contributed by atoms with van der Waals surface area (Å²) < 4.78 is 206. The Morgan fingerprint density at radius 2 is 1.11 bits per heavy atom. The van der Waals surface area contributed by atoms with Crippen LogP contribution in [0.4, 0.5) is 61.5 Å². The minimum atomic E-state index is -5.04. The molecule has 0 radical (unpaired) electrons. The molecule has 17 heteroatoms. The van der Waals surface area contributed by atoms with Crippen LogP contribution in [0, 0.1) is 64.0 Å². The van der Waals surface area contributed by atoms with Gasteiger partial charge in [0.05, 0.1) is 16.6 Å². The summed E-state index contributed by atoms with van der Waals surface area (Å²) in [5.41, 5.74) is -7.04. The molecule has 0 spiro atoms. The Balaban J connectivity index is 1.98. The van der Waals surface area contributed by atoms with Gasteiger partial charge in [0.25, 0.3) is 5.85 Å². The molecule has 1 aliphatic carbocycles. The first-order valence-corrected chi connectivity index (χ1v) is 9.55. The van der Waals surface area contributed by atoms with Crippen LogP contribution in [-0.2, 0) is 10.5 Å². The van der Waals surface area contributed by atoms with Crippen LogP contribution >= 0.6 is 0 Å². The van der Waals surface area contributed by atoms with E-state index in [4.69, 9.17) is 0 Å². The molecule has 0 aliphatic heterocycles. The summed E-state index contributed by atoms with van der Waals surface area (Å²) in [6, 6.07) is 0.703. The largest absolute Gasteiger partial charge is 0.571 e. The van der Waals surface area contributed by atoms with Gasteiger partial charge in [0.1, 0.15) is 11.6 Å². The van der Waals surface area contributed by atoms with Gasteiger partial charge in [-0.15, -0.1) is 0 Å². The smallest absolute Gasteiger partial charge is 0.530 e. The first-order valence-electron chi connectivity index (χ1n) is 9.55. The molecule has 0 amide bonds. The molecule has 200 valence electrons. The fraction of sp³-hybridized carbons (Fsp3) is 0.0476. The fourth-order valence-electron chi connectivity index (χ4n) is 3.42. The molecule has 4 rings (SSSR count). The van der Waals surface area contributed by atoms with Crippen LogP contribution in [0.25, 0.3) is 5.83 Å². The molecule has 0 saturated carbocycles. The number of rotatable bonds is 5. The van der Waals surface area contributed by atoms with Crippen LogP contribution in [0.15, 0.2) is 24.0 Å². The summed E-state index contributed by atoms with van der Waals surface area (Å²) in [7, 11) is -3.61. The molecular formula is C21H3BF14O2. The molecule has 0 saturated heterocycles. The second-order valence-electron chi connectivity index (χ2n) is 7.36. The second kappa shape index (κ2) is 9.22. The molecule has 1 atom stereocenters. The molecule has 0 N–H and O–H groups in total. The van der Waals surface area contributed by atoms with E-state index >= 15 is 4.39 Å². The summed E-state index contributed by atoms with van der Waals surface area (Å²) in [6.07, 6.45) is 0. The van der Waals surface area contributed by atoms with Crippen molar-refractivity contribution in [3.8, 4) is 5.75 Å². The highest BCUT2D eigenvalue weighted by Crippen LogP contribution is 2.52. The minimum absolute atomic E-state index is 0.0222. The predicted molar refractivity (Wildman–Crippen MR) is 97.9 cm³/mol. The van der Waals surface area contributed by atoms with Crippen molar-refractivity contribution in [2.75, 3.05) is 0 Å². The van der Waals surface area contributed by atoms with Gasteiger partial charge in [0, 0.05) is 6.07 Å². The van der Waals surface area contributed by atoms with Crippen LogP contribution in [0.1, 0.15) is 11.1 Å². The quantitative estimate of drug-likeness (QED) is 0.154. The zero-order chi connectivity index (χ0) is 28.4. The zero-order valence-electron chi connectivity index (χ0n) is 17.4. The van der Waals surface area contributed by atoms with Crippen molar-refractivity contribution in [3.05, 3.63) is 99.1 Å². The zero-order valence-corrected chi connectivity index (χ0v) is 17.4. The van der Waals surface area contributed by atoms with Gasteiger partial charge in [-0.25, -0.2) is 57.1 Å². The van der Waals surface area contributed by atoms with Crippen LogP contribution in [0.2, 0.25) is 0 Å². The third-order valence-electron chi connectivity index (χ3n) is 5.16. The molecule has 38 heavy (non-hydrogen) atoms.